The molecule has 3 aromatic rings. The van der Waals surface area contributed by atoms with Gasteiger partial charge in [-0.25, -0.2) is 0 Å². The summed E-state index contributed by atoms with van der Waals surface area (Å²) in [6.07, 6.45) is 2.80. The van der Waals surface area contributed by atoms with Crippen LogP contribution in [0.4, 0.5) is 11.7 Å². The van der Waals surface area contributed by atoms with E-state index < -0.39 is 10.8 Å². The van der Waals surface area contributed by atoms with Crippen LogP contribution in [0.2, 0.25) is 0 Å². The number of hydrogen-bond donors (Lipinski definition) is 1. The van der Waals surface area contributed by atoms with E-state index in [1.54, 1.807) is 12.1 Å². The first kappa shape index (κ1) is 17.0. The molecule has 0 aliphatic carbocycles. The van der Waals surface area contributed by atoms with Crippen LogP contribution in [0.5, 0.6) is 0 Å². The SMILES string of the molecule is Cc1ccc(-c2nnc(NC(=O)/C=C\c3ccc([N+](=O)[O-])cc3)o2)cc1. The van der Waals surface area contributed by atoms with E-state index in [0.29, 0.717) is 11.5 Å². The topological polar surface area (TPSA) is 111 Å². The van der Waals surface area contributed by atoms with Crippen LogP contribution in [0, 0.1) is 17.0 Å². The lowest BCUT2D eigenvalue weighted by atomic mass is 10.1. The molecule has 1 heterocycles. The predicted octanol–water partition coefficient (Wildman–Crippen LogP) is 3.61. The summed E-state index contributed by atoms with van der Waals surface area (Å²) in [5.41, 5.74) is 2.50. The lowest BCUT2D eigenvalue weighted by molar-refractivity contribution is -0.384. The molecule has 0 radical (unpaired) electrons. The van der Waals surface area contributed by atoms with E-state index in [0.717, 1.165) is 11.1 Å². The van der Waals surface area contributed by atoms with Crippen LogP contribution in [-0.4, -0.2) is 21.0 Å². The predicted molar refractivity (Wildman–Crippen MR) is 95.2 cm³/mol. The summed E-state index contributed by atoms with van der Waals surface area (Å²) in [4.78, 5) is 22.0. The zero-order valence-corrected chi connectivity index (χ0v) is 13.7. The fourth-order valence-corrected chi connectivity index (χ4v) is 2.11. The van der Waals surface area contributed by atoms with Gasteiger partial charge in [0, 0.05) is 23.8 Å². The zero-order chi connectivity index (χ0) is 18.5. The number of aromatic nitrogens is 2. The molecule has 0 aliphatic rings. The molecule has 8 nitrogen and oxygen atoms in total. The van der Waals surface area contributed by atoms with Gasteiger partial charge in [0.25, 0.3) is 11.6 Å². The highest BCUT2D eigenvalue weighted by molar-refractivity contribution is 6.00. The maximum absolute atomic E-state index is 11.9. The second-order valence-corrected chi connectivity index (χ2v) is 5.45. The molecule has 0 spiro atoms. The van der Waals surface area contributed by atoms with Gasteiger partial charge < -0.3 is 4.42 Å². The van der Waals surface area contributed by atoms with Crippen LogP contribution in [0.15, 0.2) is 59.0 Å². The average molecular weight is 350 g/mol. The Morgan fingerprint density at radius 3 is 2.46 bits per heavy atom. The maximum Gasteiger partial charge on any atom is 0.322 e. The van der Waals surface area contributed by atoms with Gasteiger partial charge in [-0.15, -0.1) is 5.10 Å². The Balaban J connectivity index is 1.63. The summed E-state index contributed by atoms with van der Waals surface area (Å²) in [5, 5.41) is 20.7. The number of rotatable bonds is 5. The molecular formula is C18H14N4O4. The molecule has 1 N–H and O–H groups in total. The van der Waals surface area contributed by atoms with Crippen LogP contribution < -0.4 is 5.32 Å². The minimum absolute atomic E-state index is 0.0129. The van der Waals surface area contributed by atoms with Crippen LogP contribution in [0.1, 0.15) is 11.1 Å². The van der Waals surface area contributed by atoms with Gasteiger partial charge in [-0.05, 0) is 42.8 Å². The fraction of sp³-hybridized carbons (Fsp3) is 0.0556. The normalized spacial score (nSPS) is 10.8. The largest absolute Gasteiger partial charge is 0.403 e. The number of hydrogen-bond acceptors (Lipinski definition) is 6. The van der Waals surface area contributed by atoms with Gasteiger partial charge in [-0.3, -0.25) is 20.2 Å². The number of non-ortho nitro benzene ring substituents is 1. The molecule has 2 aromatic carbocycles. The Labute approximate surface area is 148 Å². The Kier molecular flexibility index (Phi) is 4.84. The second kappa shape index (κ2) is 7.39. The smallest absolute Gasteiger partial charge is 0.322 e. The molecule has 0 unspecified atom stereocenters. The number of aryl methyl sites for hydroxylation is 1. The fourth-order valence-electron chi connectivity index (χ4n) is 2.11. The van der Waals surface area contributed by atoms with Gasteiger partial charge in [-0.1, -0.05) is 22.8 Å². The molecule has 0 saturated carbocycles. The summed E-state index contributed by atoms with van der Waals surface area (Å²) in [7, 11) is 0. The van der Waals surface area contributed by atoms with Crippen LogP contribution in [0.3, 0.4) is 0 Å². The van der Waals surface area contributed by atoms with Gasteiger partial charge in [0.15, 0.2) is 0 Å². The van der Waals surface area contributed by atoms with Crippen molar-refractivity contribution in [2.45, 2.75) is 6.92 Å². The molecule has 0 aliphatic heterocycles. The number of benzene rings is 2. The third kappa shape index (κ3) is 4.18. The number of nitro groups is 1. The van der Waals surface area contributed by atoms with Gasteiger partial charge in [-0.2, -0.15) is 0 Å². The first-order valence-corrected chi connectivity index (χ1v) is 7.65. The van der Waals surface area contributed by atoms with E-state index in [2.05, 4.69) is 15.5 Å². The highest BCUT2D eigenvalue weighted by atomic mass is 16.6. The summed E-state index contributed by atoms with van der Waals surface area (Å²) in [6.45, 7) is 1.97. The number of amides is 1. The Hall–Kier alpha value is -3.81. The maximum atomic E-state index is 11.9. The van der Waals surface area contributed by atoms with Gasteiger partial charge in [0.1, 0.15) is 0 Å². The molecule has 0 atom stereocenters. The quantitative estimate of drug-likeness (QED) is 0.427. The zero-order valence-electron chi connectivity index (χ0n) is 13.7. The summed E-state index contributed by atoms with van der Waals surface area (Å²) >= 11 is 0. The summed E-state index contributed by atoms with van der Waals surface area (Å²) in [6, 6.07) is 13.3. The highest BCUT2D eigenvalue weighted by Gasteiger charge is 2.10. The Bertz CT molecular complexity index is 960. The highest BCUT2D eigenvalue weighted by Crippen LogP contribution is 2.20. The van der Waals surface area contributed by atoms with Crippen molar-refractivity contribution < 1.29 is 14.1 Å². The number of nitrogens with zero attached hydrogens (tertiary/aromatic N) is 3. The lowest BCUT2D eigenvalue weighted by Crippen LogP contribution is -2.07. The Morgan fingerprint density at radius 2 is 1.81 bits per heavy atom. The first-order chi connectivity index (χ1) is 12.5. The third-order valence-corrected chi connectivity index (χ3v) is 3.48. The molecule has 1 amide bonds. The van der Waals surface area contributed by atoms with Crippen molar-refractivity contribution in [2.75, 3.05) is 5.32 Å². The van der Waals surface area contributed by atoms with Crippen LogP contribution in [0.25, 0.3) is 17.5 Å². The average Bonchev–Trinajstić information content (AvgIpc) is 3.09. The number of carbonyl (C=O) groups is 1. The van der Waals surface area contributed by atoms with Crippen molar-refractivity contribution in [3.8, 4) is 11.5 Å². The minimum Gasteiger partial charge on any atom is -0.403 e. The van der Waals surface area contributed by atoms with Crippen molar-refractivity contribution in [3.63, 3.8) is 0 Å². The first-order valence-electron chi connectivity index (χ1n) is 7.65. The van der Waals surface area contributed by atoms with Gasteiger partial charge in [0.05, 0.1) is 4.92 Å². The molecule has 0 saturated heterocycles. The third-order valence-electron chi connectivity index (χ3n) is 3.48. The van der Waals surface area contributed by atoms with Crippen molar-refractivity contribution in [2.24, 2.45) is 0 Å². The monoisotopic (exact) mass is 350 g/mol. The lowest BCUT2D eigenvalue weighted by Gasteiger charge is -1.96. The summed E-state index contributed by atoms with van der Waals surface area (Å²) in [5.74, 6) is -0.151. The summed E-state index contributed by atoms with van der Waals surface area (Å²) < 4.78 is 5.41. The molecule has 3 rings (SSSR count). The Morgan fingerprint density at radius 1 is 1.12 bits per heavy atom. The van der Waals surface area contributed by atoms with Crippen molar-refractivity contribution in [1.29, 1.82) is 0 Å². The number of nitrogens with one attached hydrogen (secondary N) is 1. The van der Waals surface area contributed by atoms with Crippen molar-refractivity contribution in [3.05, 3.63) is 75.8 Å². The van der Waals surface area contributed by atoms with Crippen molar-refractivity contribution in [1.82, 2.24) is 10.2 Å². The van der Waals surface area contributed by atoms with E-state index in [-0.39, 0.29) is 11.7 Å². The number of anilines is 1. The van der Waals surface area contributed by atoms with Crippen LogP contribution >= 0.6 is 0 Å². The van der Waals surface area contributed by atoms with Gasteiger partial charge in [0.2, 0.25) is 5.89 Å². The second-order valence-electron chi connectivity index (χ2n) is 5.45. The molecule has 130 valence electrons. The molecule has 26 heavy (non-hydrogen) atoms. The molecule has 1 aromatic heterocycles. The van der Waals surface area contributed by atoms with Crippen molar-refractivity contribution >= 4 is 23.7 Å². The number of nitro benzene ring substituents is 1. The standard InChI is InChI=1S/C18H14N4O4/c1-12-2-7-14(8-3-12)17-20-21-18(26-17)19-16(23)11-6-13-4-9-15(10-5-13)22(24)25/h2-11H,1H3,(H,19,21,23)/b11-6-. The van der Waals surface area contributed by atoms with E-state index in [1.807, 2.05) is 31.2 Å². The molecule has 0 fully saturated rings. The minimum atomic E-state index is -0.485. The van der Waals surface area contributed by atoms with E-state index in [4.69, 9.17) is 4.42 Å². The molecular weight excluding hydrogens is 336 g/mol. The molecule has 0 bridgehead atoms. The van der Waals surface area contributed by atoms with E-state index in [9.17, 15) is 14.9 Å². The van der Waals surface area contributed by atoms with Crippen LogP contribution in [-0.2, 0) is 4.79 Å². The van der Waals surface area contributed by atoms with E-state index in [1.165, 1.54) is 24.3 Å². The number of carbonyl (C=O) groups excluding carboxylic acids is 1. The van der Waals surface area contributed by atoms with Gasteiger partial charge >= 0.3 is 6.01 Å². The van der Waals surface area contributed by atoms with E-state index >= 15 is 0 Å². The molecule has 8 heteroatoms.